The maximum Gasteiger partial charge on any atom is 0.325 e. The second kappa shape index (κ2) is 5.35. The Hall–Kier alpha value is -1.71. The molecule has 0 amide bonds. The standard InChI is InChI=1S/C16H23NO3/c1-11-9-16(2,3)17(10-14(18)20-5)15-12(11)7-6-8-13(15)19-4/h6-8,11H,9-10H2,1-5H3/t11-/m0/s1. The highest BCUT2D eigenvalue weighted by Crippen LogP contribution is 2.47. The van der Waals surface area contributed by atoms with Crippen molar-refractivity contribution in [1.82, 2.24) is 0 Å². The first-order chi connectivity index (χ1) is 9.40. The summed E-state index contributed by atoms with van der Waals surface area (Å²) in [5, 5.41) is 0. The van der Waals surface area contributed by atoms with Crippen molar-refractivity contribution >= 4 is 11.7 Å². The Labute approximate surface area is 120 Å². The van der Waals surface area contributed by atoms with Crippen LogP contribution in [0.3, 0.4) is 0 Å². The summed E-state index contributed by atoms with van der Waals surface area (Å²) in [4.78, 5) is 13.9. The molecule has 0 spiro atoms. The number of ether oxygens (including phenoxy) is 2. The summed E-state index contributed by atoms with van der Waals surface area (Å²) >= 11 is 0. The number of rotatable bonds is 3. The van der Waals surface area contributed by atoms with Gasteiger partial charge in [-0.25, -0.2) is 0 Å². The molecule has 0 saturated carbocycles. The smallest absolute Gasteiger partial charge is 0.325 e. The molecule has 0 bridgehead atoms. The minimum Gasteiger partial charge on any atom is -0.495 e. The van der Waals surface area contributed by atoms with Gasteiger partial charge in [-0.05, 0) is 37.8 Å². The van der Waals surface area contributed by atoms with E-state index in [1.165, 1.54) is 12.7 Å². The van der Waals surface area contributed by atoms with Crippen molar-refractivity contribution in [3.05, 3.63) is 23.8 Å². The maximum absolute atomic E-state index is 11.8. The molecular formula is C16H23NO3. The van der Waals surface area contributed by atoms with Gasteiger partial charge in [-0.1, -0.05) is 19.1 Å². The highest BCUT2D eigenvalue weighted by molar-refractivity contribution is 5.79. The van der Waals surface area contributed by atoms with Gasteiger partial charge < -0.3 is 14.4 Å². The van der Waals surface area contributed by atoms with Gasteiger partial charge in [0.2, 0.25) is 0 Å². The summed E-state index contributed by atoms with van der Waals surface area (Å²) in [7, 11) is 3.09. The molecular weight excluding hydrogens is 254 g/mol. The number of fused-ring (bicyclic) bond motifs is 1. The highest BCUT2D eigenvalue weighted by atomic mass is 16.5. The molecule has 1 aromatic rings. The van der Waals surface area contributed by atoms with Crippen LogP contribution < -0.4 is 9.64 Å². The number of carbonyl (C=O) groups is 1. The molecule has 0 N–H and O–H groups in total. The monoisotopic (exact) mass is 277 g/mol. The fourth-order valence-electron chi connectivity index (χ4n) is 3.15. The van der Waals surface area contributed by atoms with Gasteiger partial charge >= 0.3 is 5.97 Å². The Bertz CT molecular complexity index is 510. The van der Waals surface area contributed by atoms with Crippen LogP contribution >= 0.6 is 0 Å². The number of methoxy groups -OCH3 is 2. The Kier molecular flexibility index (Phi) is 3.93. The number of hydrogen-bond donors (Lipinski definition) is 0. The molecule has 4 heteroatoms. The van der Waals surface area contributed by atoms with E-state index in [9.17, 15) is 4.79 Å². The predicted molar refractivity (Wildman–Crippen MR) is 79.5 cm³/mol. The topological polar surface area (TPSA) is 38.8 Å². The fourth-order valence-corrected chi connectivity index (χ4v) is 3.15. The predicted octanol–water partition coefficient (Wildman–Crippen LogP) is 2.96. The lowest BCUT2D eigenvalue weighted by atomic mass is 9.80. The van der Waals surface area contributed by atoms with Crippen molar-refractivity contribution in [2.24, 2.45) is 0 Å². The van der Waals surface area contributed by atoms with Crippen LogP contribution in [-0.4, -0.2) is 32.3 Å². The summed E-state index contributed by atoms with van der Waals surface area (Å²) in [6.45, 7) is 6.77. The van der Waals surface area contributed by atoms with Crippen LogP contribution in [0.15, 0.2) is 18.2 Å². The summed E-state index contributed by atoms with van der Waals surface area (Å²) < 4.78 is 10.3. The van der Waals surface area contributed by atoms with Crippen LogP contribution in [0.25, 0.3) is 0 Å². The number of esters is 1. The third kappa shape index (κ3) is 2.47. The largest absolute Gasteiger partial charge is 0.495 e. The van der Waals surface area contributed by atoms with E-state index in [0.717, 1.165) is 17.9 Å². The van der Waals surface area contributed by atoms with Crippen molar-refractivity contribution < 1.29 is 14.3 Å². The van der Waals surface area contributed by atoms with E-state index in [0.29, 0.717) is 5.92 Å². The molecule has 0 aromatic heterocycles. The van der Waals surface area contributed by atoms with Gasteiger partial charge in [0, 0.05) is 5.54 Å². The second-order valence-corrected chi connectivity index (χ2v) is 5.98. The first kappa shape index (κ1) is 14.7. The molecule has 1 aromatic carbocycles. The lowest BCUT2D eigenvalue weighted by Gasteiger charge is -2.47. The van der Waals surface area contributed by atoms with E-state index in [-0.39, 0.29) is 18.1 Å². The van der Waals surface area contributed by atoms with Gasteiger partial charge in [0.25, 0.3) is 0 Å². The van der Waals surface area contributed by atoms with Crippen LogP contribution in [0.5, 0.6) is 5.75 Å². The molecule has 0 aliphatic carbocycles. The molecule has 1 atom stereocenters. The third-order valence-corrected chi connectivity index (χ3v) is 4.10. The lowest BCUT2D eigenvalue weighted by molar-refractivity contribution is -0.139. The zero-order valence-electron chi connectivity index (χ0n) is 12.9. The summed E-state index contributed by atoms with van der Waals surface area (Å²) in [5.41, 5.74) is 2.13. The first-order valence-corrected chi connectivity index (χ1v) is 6.92. The number of anilines is 1. The summed E-state index contributed by atoms with van der Waals surface area (Å²) in [6.07, 6.45) is 0.990. The van der Waals surface area contributed by atoms with E-state index in [1.54, 1.807) is 7.11 Å². The average Bonchev–Trinajstić information content (AvgIpc) is 2.41. The molecule has 2 rings (SSSR count). The lowest BCUT2D eigenvalue weighted by Crippen LogP contribution is -2.50. The van der Waals surface area contributed by atoms with Crippen LogP contribution in [0, 0.1) is 0 Å². The first-order valence-electron chi connectivity index (χ1n) is 6.92. The maximum atomic E-state index is 11.8. The minimum atomic E-state index is -0.232. The van der Waals surface area contributed by atoms with Gasteiger partial charge in [0.05, 0.1) is 19.9 Å². The molecule has 0 unspecified atom stereocenters. The quantitative estimate of drug-likeness (QED) is 0.796. The molecule has 110 valence electrons. The van der Waals surface area contributed by atoms with Crippen LogP contribution in [-0.2, 0) is 9.53 Å². The van der Waals surface area contributed by atoms with Crippen LogP contribution in [0.2, 0.25) is 0 Å². The second-order valence-electron chi connectivity index (χ2n) is 5.98. The Morgan fingerprint density at radius 1 is 1.40 bits per heavy atom. The van der Waals surface area contributed by atoms with E-state index in [4.69, 9.17) is 9.47 Å². The Balaban J connectivity index is 2.54. The SMILES string of the molecule is COC(=O)CN1c2c(OC)cccc2[C@@H](C)CC1(C)C. The van der Waals surface area contributed by atoms with Crippen LogP contribution in [0.1, 0.15) is 38.7 Å². The van der Waals surface area contributed by atoms with Crippen molar-refractivity contribution in [3.63, 3.8) is 0 Å². The highest BCUT2D eigenvalue weighted by Gasteiger charge is 2.39. The molecule has 20 heavy (non-hydrogen) atoms. The minimum absolute atomic E-state index is 0.116. The molecule has 0 saturated heterocycles. The van der Waals surface area contributed by atoms with E-state index >= 15 is 0 Å². The van der Waals surface area contributed by atoms with Crippen molar-refractivity contribution in [3.8, 4) is 5.75 Å². The van der Waals surface area contributed by atoms with Crippen molar-refractivity contribution in [1.29, 1.82) is 0 Å². The van der Waals surface area contributed by atoms with Gasteiger partial charge in [-0.2, -0.15) is 0 Å². The average molecular weight is 277 g/mol. The molecule has 1 aliphatic rings. The van der Waals surface area contributed by atoms with Gasteiger partial charge in [0.15, 0.2) is 0 Å². The van der Waals surface area contributed by atoms with Crippen molar-refractivity contribution in [2.45, 2.75) is 38.6 Å². The zero-order chi connectivity index (χ0) is 14.9. The van der Waals surface area contributed by atoms with Gasteiger partial charge in [-0.3, -0.25) is 4.79 Å². The molecule has 1 aliphatic heterocycles. The number of carbonyl (C=O) groups excluding carboxylic acids is 1. The zero-order valence-corrected chi connectivity index (χ0v) is 12.9. The Morgan fingerprint density at radius 2 is 2.10 bits per heavy atom. The number of benzene rings is 1. The molecule has 0 radical (unpaired) electrons. The Morgan fingerprint density at radius 3 is 2.70 bits per heavy atom. The normalized spacial score (nSPS) is 20.2. The molecule has 4 nitrogen and oxygen atoms in total. The fraction of sp³-hybridized carbons (Fsp3) is 0.562. The number of hydrogen-bond acceptors (Lipinski definition) is 4. The third-order valence-electron chi connectivity index (χ3n) is 4.10. The van der Waals surface area contributed by atoms with Crippen LogP contribution in [0.4, 0.5) is 5.69 Å². The van der Waals surface area contributed by atoms with Gasteiger partial charge in [0.1, 0.15) is 12.3 Å². The summed E-state index contributed by atoms with van der Waals surface area (Å²) in [5.74, 6) is 1.01. The van der Waals surface area contributed by atoms with E-state index in [2.05, 4.69) is 31.7 Å². The molecule has 1 heterocycles. The van der Waals surface area contributed by atoms with Gasteiger partial charge in [-0.15, -0.1) is 0 Å². The van der Waals surface area contributed by atoms with Crippen molar-refractivity contribution in [2.75, 3.05) is 25.7 Å². The van der Waals surface area contributed by atoms with E-state index in [1.807, 2.05) is 12.1 Å². The number of para-hydroxylation sites is 1. The summed E-state index contributed by atoms with van der Waals surface area (Å²) in [6, 6.07) is 6.06. The van der Waals surface area contributed by atoms with E-state index < -0.39 is 0 Å². The number of nitrogens with zero attached hydrogens (tertiary/aromatic N) is 1. The molecule has 0 fully saturated rings.